The Morgan fingerprint density at radius 3 is 2.53 bits per heavy atom. The third-order valence-electron chi connectivity index (χ3n) is 6.58. The van der Waals surface area contributed by atoms with Crippen LogP contribution < -0.4 is 9.80 Å². The minimum Gasteiger partial charge on any atom is -0.365 e. The number of amides is 1. The van der Waals surface area contributed by atoms with Crippen molar-refractivity contribution in [1.82, 2.24) is 4.90 Å². The molecule has 2 aliphatic heterocycles. The molecule has 2 fully saturated rings. The summed E-state index contributed by atoms with van der Waals surface area (Å²) in [7, 11) is 0. The molecule has 1 atom stereocenters. The van der Waals surface area contributed by atoms with Gasteiger partial charge in [0.25, 0.3) is 0 Å². The third kappa shape index (κ3) is 3.93. The lowest BCUT2D eigenvalue weighted by Crippen LogP contribution is -2.54. The third-order valence-corrected chi connectivity index (χ3v) is 7.18. The Bertz CT molecular complexity index is 946. The maximum Gasteiger partial charge on any atom is 0.244 e. The van der Waals surface area contributed by atoms with Crippen LogP contribution in [0.2, 0.25) is 10.0 Å². The number of nitrogens with zero attached hydrogens (tertiary/aromatic N) is 3. The number of halogens is 2. The van der Waals surface area contributed by atoms with Crippen LogP contribution in [0.15, 0.2) is 42.5 Å². The second kappa shape index (κ2) is 8.41. The Labute approximate surface area is 188 Å². The first kappa shape index (κ1) is 20.2. The van der Waals surface area contributed by atoms with Gasteiger partial charge in [-0.15, -0.1) is 0 Å². The van der Waals surface area contributed by atoms with Gasteiger partial charge in [0, 0.05) is 35.7 Å². The highest BCUT2D eigenvalue weighted by molar-refractivity contribution is 6.33. The van der Waals surface area contributed by atoms with Gasteiger partial charge in [0.2, 0.25) is 5.91 Å². The molecule has 1 aliphatic carbocycles. The second-order valence-electron chi connectivity index (χ2n) is 8.62. The molecule has 158 valence electrons. The molecular formula is C24H27Cl2N3O. The van der Waals surface area contributed by atoms with Gasteiger partial charge in [-0.2, -0.15) is 0 Å². The molecule has 2 heterocycles. The number of para-hydroxylation sites is 2. The first-order valence-corrected chi connectivity index (χ1v) is 11.7. The average molecular weight is 444 g/mol. The molecule has 6 heteroatoms. The molecule has 2 aromatic carbocycles. The van der Waals surface area contributed by atoms with Crippen LogP contribution in [-0.4, -0.2) is 42.5 Å². The second-order valence-corrected chi connectivity index (χ2v) is 9.46. The van der Waals surface area contributed by atoms with Crippen LogP contribution in [0.5, 0.6) is 0 Å². The average Bonchev–Trinajstić information content (AvgIpc) is 3.61. The molecule has 1 saturated heterocycles. The lowest BCUT2D eigenvalue weighted by Gasteiger charge is -2.42. The van der Waals surface area contributed by atoms with E-state index in [-0.39, 0.29) is 11.9 Å². The molecule has 3 aliphatic rings. The van der Waals surface area contributed by atoms with Crippen LogP contribution in [0.4, 0.5) is 11.4 Å². The van der Waals surface area contributed by atoms with E-state index in [2.05, 4.69) is 28.0 Å². The van der Waals surface area contributed by atoms with Crippen molar-refractivity contribution in [2.45, 2.75) is 50.7 Å². The quantitative estimate of drug-likeness (QED) is 0.635. The molecule has 1 amide bonds. The first-order valence-electron chi connectivity index (χ1n) is 11.0. The van der Waals surface area contributed by atoms with E-state index in [1.54, 1.807) is 0 Å². The number of fused-ring (bicyclic) bond motifs is 1. The van der Waals surface area contributed by atoms with E-state index in [9.17, 15) is 4.79 Å². The van der Waals surface area contributed by atoms with E-state index >= 15 is 0 Å². The van der Waals surface area contributed by atoms with Crippen LogP contribution in [-0.2, 0) is 11.3 Å². The van der Waals surface area contributed by atoms with Crippen LogP contribution in [0, 0.1) is 0 Å². The zero-order chi connectivity index (χ0) is 20.7. The lowest BCUT2D eigenvalue weighted by atomic mass is 9.99. The number of piperidine rings is 1. The van der Waals surface area contributed by atoms with E-state index in [4.69, 9.17) is 23.2 Å². The topological polar surface area (TPSA) is 26.8 Å². The molecule has 0 spiro atoms. The zero-order valence-corrected chi connectivity index (χ0v) is 18.6. The minimum atomic E-state index is -0.116. The van der Waals surface area contributed by atoms with Crippen LogP contribution in [0.25, 0.3) is 0 Å². The smallest absolute Gasteiger partial charge is 0.244 e. The van der Waals surface area contributed by atoms with Crippen molar-refractivity contribution in [2.75, 3.05) is 29.4 Å². The molecule has 0 radical (unpaired) electrons. The van der Waals surface area contributed by atoms with Gasteiger partial charge in [0.15, 0.2) is 0 Å². The van der Waals surface area contributed by atoms with E-state index in [0.717, 1.165) is 50.1 Å². The van der Waals surface area contributed by atoms with Crippen molar-refractivity contribution in [3.8, 4) is 0 Å². The van der Waals surface area contributed by atoms with Gasteiger partial charge in [-0.05, 0) is 68.1 Å². The molecule has 1 unspecified atom stereocenters. The summed E-state index contributed by atoms with van der Waals surface area (Å²) in [6.07, 6.45) is 5.61. The number of rotatable bonds is 4. The summed E-state index contributed by atoms with van der Waals surface area (Å²) < 4.78 is 0. The highest BCUT2D eigenvalue weighted by Crippen LogP contribution is 2.40. The van der Waals surface area contributed by atoms with Gasteiger partial charge in [0.05, 0.1) is 17.4 Å². The van der Waals surface area contributed by atoms with Crippen molar-refractivity contribution >= 4 is 40.5 Å². The maximum absolute atomic E-state index is 13.8. The molecule has 2 aromatic rings. The largest absolute Gasteiger partial charge is 0.365 e. The fourth-order valence-electron chi connectivity index (χ4n) is 4.90. The Kier molecular flexibility index (Phi) is 5.65. The number of hydrogen-bond acceptors (Lipinski definition) is 3. The van der Waals surface area contributed by atoms with Gasteiger partial charge in [-0.1, -0.05) is 41.8 Å². The van der Waals surface area contributed by atoms with Crippen LogP contribution >= 0.6 is 23.2 Å². The number of likely N-dealkylation sites (tertiary alicyclic amines) is 1. The fraction of sp³-hybridized carbons (Fsp3) is 0.458. The summed E-state index contributed by atoms with van der Waals surface area (Å²) >= 11 is 12.6. The van der Waals surface area contributed by atoms with Crippen molar-refractivity contribution in [3.05, 3.63) is 58.1 Å². The fourth-order valence-corrected chi connectivity index (χ4v) is 5.27. The zero-order valence-electron chi connectivity index (χ0n) is 17.1. The molecule has 30 heavy (non-hydrogen) atoms. The van der Waals surface area contributed by atoms with E-state index in [1.807, 2.05) is 29.2 Å². The van der Waals surface area contributed by atoms with E-state index in [0.29, 0.717) is 22.6 Å². The first-order chi connectivity index (χ1) is 14.6. The normalized spacial score (nSPS) is 22.1. The number of benzene rings is 2. The maximum atomic E-state index is 13.8. The Morgan fingerprint density at radius 2 is 1.73 bits per heavy atom. The molecule has 0 N–H and O–H groups in total. The van der Waals surface area contributed by atoms with Crippen molar-refractivity contribution < 1.29 is 4.79 Å². The molecule has 0 aromatic heterocycles. The number of anilines is 2. The molecular weight excluding hydrogens is 417 g/mol. The summed E-state index contributed by atoms with van der Waals surface area (Å²) in [5.41, 5.74) is 3.26. The van der Waals surface area contributed by atoms with Crippen LogP contribution in [0.1, 0.15) is 37.7 Å². The van der Waals surface area contributed by atoms with Crippen LogP contribution in [0.3, 0.4) is 0 Å². The van der Waals surface area contributed by atoms with E-state index < -0.39 is 0 Å². The number of carbonyl (C=O) groups excluding carboxylic acids is 1. The Balaban J connectivity index is 1.40. The molecule has 0 bridgehead atoms. The van der Waals surface area contributed by atoms with Gasteiger partial charge in [-0.25, -0.2) is 0 Å². The highest BCUT2D eigenvalue weighted by atomic mass is 35.5. The van der Waals surface area contributed by atoms with Gasteiger partial charge >= 0.3 is 0 Å². The SMILES string of the molecule is O=C(C1CCCCN1Cc1cc(Cl)ccc1Cl)N1CCN(C2CC2)c2ccccc21. The van der Waals surface area contributed by atoms with Crippen molar-refractivity contribution in [3.63, 3.8) is 0 Å². The predicted octanol–water partition coefficient (Wildman–Crippen LogP) is 5.36. The van der Waals surface area contributed by atoms with Gasteiger partial charge < -0.3 is 9.80 Å². The van der Waals surface area contributed by atoms with Crippen molar-refractivity contribution in [1.29, 1.82) is 0 Å². The number of hydrogen-bond donors (Lipinski definition) is 0. The molecule has 5 rings (SSSR count). The summed E-state index contributed by atoms with van der Waals surface area (Å²) in [6.45, 7) is 3.23. The van der Waals surface area contributed by atoms with Crippen molar-refractivity contribution in [2.24, 2.45) is 0 Å². The predicted molar refractivity (Wildman–Crippen MR) is 124 cm³/mol. The monoisotopic (exact) mass is 443 g/mol. The summed E-state index contributed by atoms with van der Waals surface area (Å²) in [4.78, 5) is 20.6. The number of carbonyl (C=O) groups is 1. The lowest BCUT2D eigenvalue weighted by molar-refractivity contribution is -0.125. The van der Waals surface area contributed by atoms with Gasteiger partial charge in [0.1, 0.15) is 0 Å². The summed E-state index contributed by atoms with van der Waals surface area (Å²) in [6, 6.07) is 14.5. The standard InChI is InChI=1S/C24H27Cl2N3O/c25-18-8-11-20(26)17(15-18)16-27-12-4-3-7-23(27)24(30)29-14-13-28(19-9-10-19)21-5-1-2-6-22(21)29/h1-2,5-6,8,11,15,19,23H,3-4,7,9-10,12-14,16H2. The summed E-state index contributed by atoms with van der Waals surface area (Å²) in [5, 5.41) is 1.39. The molecule has 1 saturated carbocycles. The highest BCUT2D eigenvalue weighted by Gasteiger charge is 2.38. The Morgan fingerprint density at radius 1 is 0.933 bits per heavy atom. The summed E-state index contributed by atoms with van der Waals surface area (Å²) in [5.74, 6) is 0.218. The van der Waals surface area contributed by atoms with E-state index in [1.165, 1.54) is 18.5 Å². The molecule has 4 nitrogen and oxygen atoms in total. The Hall–Kier alpha value is -1.75. The minimum absolute atomic E-state index is 0.116. The van der Waals surface area contributed by atoms with Gasteiger partial charge in [-0.3, -0.25) is 9.69 Å².